The molecule has 3 aliphatic rings. The SMILES string of the molecule is O=C(NCCOCCN1CCN(C(=O)c2cccc(-c3cc(Nc4ccc(OC(F)(F)F)cc4)ncn3)c2)CC1)C1CC2C=CC1C2. The minimum atomic E-state index is -4.76. The average Bonchev–Trinajstić information content (AvgIpc) is 3.71. The molecule has 0 radical (unpaired) electrons. The maximum atomic E-state index is 13.4. The van der Waals surface area contributed by atoms with Crippen molar-refractivity contribution in [1.82, 2.24) is 25.1 Å². The van der Waals surface area contributed by atoms with Crippen LogP contribution in [-0.4, -0.2) is 90.4 Å². The van der Waals surface area contributed by atoms with Crippen molar-refractivity contribution in [3.8, 4) is 17.0 Å². The highest BCUT2D eigenvalue weighted by Crippen LogP contribution is 2.43. The van der Waals surface area contributed by atoms with E-state index in [1.54, 1.807) is 18.2 Å². The lowest BCUT2D eigenvalue weighted by Crippen LogP contribution is -2.49. The van der Waals surface area contributed by atoms with Crippen LogP contribution in [0.2, 0.25) is 0 Å². The van der Waals surface area contributed by atoms with Gasteiger partial charge in [-0.1, -0.05) is 24.3 Å². The molecule has 2 amide bonds. The van der Waals surface area contributed by atoms with Crippen LogP contribution in [-0.2, 0) is 9.53 Å². The predicted molar refractivity (Wildman–Crippen MR) is 169 cm³/mol. The summed E-state index contributed by atoms with van der Waals surface area (Å²) in [6.07, 6.45) is 3.12. The van der Waals surface area contributed by atoms with Crippen LogP contribution in [0.3, 0.4) is 0 Å². The standard InChI is InChI=1S/C34H37F3N6O4/c35-34(36,37)47-28-8-6-27(7-9-28)41-31-21-30(39-22-40-31)25-2-1-3-26(20-25)33(45)43-13-11-42(12-14-43)15-17-46-16-10-38-32(44)29-19-23-4-5-24(29)18-23/h1-9,20-24,29H,10-19H2,(H,38,44)(H,39,40,41). The van der Waals surface area contributed by atoms with Crippen molar-refractivity contribution >= 4 is 23.3 Å². The number of aromatic nitrogens is 2. The summed E-state index contributed by atoms with van der Waals surface area (Å²) in [5.41, 5.74) is 2.39. The molecule has 10 nitrogen and oxygen atoms in total. The number of fused-ring (bicyclic) bond motifs is 2. The average molecular weight is 651 g/mol. The van der Waals surface area contributed by atoms with Crippen molar-refractivity contribution in [3.63, 3.8) is 0 Å². The molecule has 248 valence electrons. The van der Waals surface area contributed by atoms with Crippen molar-refractivity contribution < 1.29 is 32.2 Å². The van der Waals surface area contributed by atoms with Gasteiger partial charge in [-0.05, 0) is 61.1 Å². The molecular weight excluding hydrogens is 613 g/mol. The van der Waals surface area contributed by atoms with Gasteiger partial charge < -0.3 is 25.0 Å². The lowest BCUT2D eigenvalue weighted by atomic mass is 9.93. The van der Waals surface area contributed by atoms with Gasteiger partial charge in [0.2, 0.25) is 5.91 Å². The first-order valence-corrected chi connectivity index (χ1v) is 15.8. The molecule has 1 saturated carbocycles. The molecule has 2 fully saturated rings. The molecule has 3 unspecified atom stereocenters. The molecule has 1 aromatic heterocycles. The van der Waals surface area contributed by atoms with Gasteiger partial charge in [-0.25, -0.2) is 9.97 Å². The van der Waals surface area contributed by atoms with Gasteiger partial charge in [0.05, 0.1) is 18.9 Å². The Bertz CT molecular complexity index is 1580. The van der Waals surface area contributed by atoms with Gasteiger partial charge in [-0.2, -0.15) is 0 Å². The van der Waals surface area contributed by atoms with Crippen LogP contribution < -0.4 is 15.4 Å². The van der Waals surface area contributed by atoms with E-state index in [1.807, 2.05) is 17.0 Å². The zero-order chi connectivity index (χ0) is 32.8. The van der Waals surface area contributed by atoms with Crippen LogP contribution in [0.4, 0.5) is 24.7 Å². The van der Waals surface area contributed by atoms with Gasteiger partial charge in [0.25, 0.3) is 5.91 Å². The molecule has 2 N–H and O–H groups in total. The highest BCUT2D eigenvalue weighted by atomic mass is 19.4. The van der Waals surface area contributed by atoms with Gasteiger partial charge in [0, 0.05) is 68.1 Å². The van der Waals surface area contributed by atoms with Gasteiger partial charge in [0.15, 0.2) is 0 Å². The lowest BCUT2D eigenvalue weighted by molar-refractivity contribution is -0.274. The van der Waals surface area contributed by atoms with E-state index in [0.717, 1.165) is 38.0 Å². The number of amides is 2. The Morgan fingerprint density at radius 3 is 2.47 bits per heavy atom. The zero-order valence-corrected chi connectivity index (χ0v) is 25.8. The molecule has 3 aromatic rings. The van der Waals surface area contributed by atoms with Crippen molar-refractivity contribution in [1.29, 1.82) is 0 Å². The van der Waals surface area contributed by atoms with Gasteiger partial charge in [-0.15, -0.1) is 13.2 Å². The zero-order valence-electron chi connectivity index (χ0n) is 25.8. The number of ether oxygens (including phenoxy) is 2. The fourth-order valence-electron chi connectivity index (χ4n) is 6.40. The molecule has 13 heteroatoms. The van der Waals surface area contributed by atoms with Gasteiger partial charge in [0.1, 0.15) is 17.9 Å². The number of piperazine rings is 1. The van der Waals surface area contributed by atoms with Crippen LogP contribution in [0.5, 0.6) is 5.75 Å². The molecule has 1 saturated heterocycles. The number of rotatable bonds is 12. The summed E-state index contributed by atoms with van der Waals surface area (Å²) in [4.78, 5) is 38.5. The monoisotopic (exact) mass is 650 g/mol. The van der Waals surface area contributed by atoms with E-state index in [4.69, 9.17) is 4.74 Å². The number of carbonyl (C=O) groups is 2. The Morgan fingerprint density at radius 1 is 0.936 bits per heavy atom. The van der Waals surface area contributed by atoms with E-state index in [1.165, 1.54) is 30.6 Å². The minimum absolute atomic E-state index is 0.0574. The molecule has 1 aliphatic heterocycles. The lowest BCUT2D eigenvalue weighted by Gasteiger charge is -2.34. The van der Waals surface area contributed by atoms with Crippen LogP contribution in [0.25, 0.3) is 11.3 Å². The van der Waals surface area contributed by atoms with E-state index < -0.39 is 6.36 Å². The summed E-state index contributed by atoms with van der Waals surface area (Å²) in [7, 11) is 0. The fourth-order valence-corrected chi connectivity index (χ4v) is 6.40. The Morgan fingerprint density at radius 2 is 1.74 bits per heavy atom. The number of hydrogen-bond donors (Lipinski definition) is 2. The summed E-state index contributed by atoms with van der Waals surface area (Å²) in [6, 6.07) is 14.3. The predicted octanol–water partition coefficient (Wildman–Crippen LogP) is 4.89. The van der Waals surface area contributed by atoms with Gasteiger partial charge in [-0.3, -0.25) is 14.5 Å². The van der Waals surface area contributed by atoms with Crippen LogP contribution in [0.1, 0.15) is 23.2 Å². The normalized spacial score (nSPS) is 20.7. The van der Waals surface area contributed by atoms with E-state index in [9.17, 15) is 22.8 Å². The third kappa shape index (κ3) is 8.66. The van der Waals surface area contributed by atoms with Crippen molar-refractivity contribution in [2.24, 2.45) is 17.8 Å². The number of nitrogens with zero attached hydrogens (tertiary/aromatic N) is 4. The Labute approximate surface area is 271 Å². The molecule has 2 aromatic carbocycles. The van der Waals surface area contributed by atoms with E-state index in [0.29, 0.717) is 67.4 Å². The first-order valence-electron chi connectivity index (χ1n) is 15.8. The third-order valence-electron chi connectivity index (χ3n) is 8.81. The maximum absolute atomic E-state index is 13.4. The number of carbonyl (C=O) groups excluding carboxylic acids is 2. The summed E-state index contributed by atoms with van der Waals surface area (Å²) < 4.78 is 47.0. The second-order valence-electron chi connectivity index (χ2n) is 12.0. The number of allylic oxidation sites excluding steroid dienone is 2. The Balaban J connectivity index is 0.929. The van der Waals surface area contributed by atoms with Crippen LogP contribution in [0.15, 0.2) is 73.1 Å². The number of halogens is 3. The second kappa shape index (κ2) is 14.5. The number of hydrogen-bond acceptors (Lipinski definition) is 8. The molecule has 47 heavy (non-hydrogen) atoms. The van der Waals surface area contributed by atoms with Crippen molar-refractivity contribution in [3.05, 3.63) is 78.6 Å². The topological polar surface area (TPSA) is 109 Å². The molecule has 6 rings (SSSR count). The number of benzene rings is 2. The van der Waals surface area contributed by atoms with E-state index in [-0.39, 0.29) is 23.5 Å². The summed E-state index contributed by atoms with van der Waals surface area (Å²) in [5.74, 6) is 1.29. The minimum Gasteiger partial charge on any atom is -0.406 e. The van der Waals surface area contributed by atoms with E-state index in [2.05, 4.69) is 42.4 Å². The molecule has 3 atom stereocenters. The Kier molecular flexibility index (Phi) is 10.0. The van der Waals surface area contributed by atoms with Gasteiger partial charge >= 0.3 is 6.36 Å². The van der Waals surface area contributed by atoms with E-state index >= 15 is 0 Å². The highest BCUT2D eigenvalue weighted by Gasteiger charge is 2.39. The highest BCUT2D eigenvalue weighted by molar-refractivity contribution is 5.95. The summed E-state index contributed by atoms with van der Waals surface area (Å²) in [5, 5.41) is 6.06. The quantitative estimate of drug-likeness (QED) is 0.211. The van der Waals surface area contributed by atoms with Crippen molar-refractivity contribution in [2.45, 2.75) is 19.2 Å². The first-order chi connectivity index (χ1) is 22.7. The second-order valence-corrected chi connectivity index (χ2v) is 12.0. The van der Waals surface area contributed by atoms with Crippen LogP contribution >= 0.6 is 0 Å². The smallest absolute Gasteiger partial charge is 0.406 e. The maximum Gasteiger partial charge on any atom is 0.573 e. The third-order valence-corrected chi connectivity index (χ3v) is 8.81. The molecule has 2 aliphatic carbocycles. The molecule has 2 bridgehead atoms. The number of anilines is 2. The number of alkyl halides is 3. The Hall–Kier alpha value is -4.49. The number of nitrogens with one attached hydrogen (secondary N) is 2. The first kappa shape index (κ1) is 32.5. The van der Waals surface area contributed by atoms with Crippen LogP contribution in [0, 0.1) is 17.8 Å². The summed E-state index contributed by atoms with van der Waals surface area (Å²) >= 11 is 0. The van der Waals surface area contributed by atoms with Crippen molar-refractivity contribution in [2.75, 3.05) is 57.8 Å². The molecule has 0 spiro atoms. The largest absolute Gasteiger partial charge is 0.573 e. The fraction of sp³-hybridized carbons (Fsp3) is 0.412. The molecular formula is C34H37F3N6O4. The molecule has 2 heterocycles. The summed E-state index contributed by atoms with van der Waals surface area (Å²) in [6.45, 7) is 5.02.